The van der Waals surface area contributed by atoms with E-state index in [4.69, 9.17) is 0 Å². The molecule has 1 amide bonds. The zero-order valence-corrected chi connectivity index (χ0v) is 12.2. The Bertz CT molecular complexity index is 508. The summed E-state index contributed by atoms with van der Waals surface area (Å²) in [5, 5.41) is 4.15. The van der Waals surface area contributed by atoms with E-state index >= 15 is 0 Å². The van der Waals surface area contributed by atoms with Crippen LogP contribution in [0.4, 0.5) is 0 Å². The summed E-state index contributed by atoms with van der Waals surface area (Å²) in [4.78, 5) is 18.0. The number of rotatable bonds is 4. The summed E-state index contributed by atoms with van der Waals surface area (Å²) in [5.74, 6) is 1.50. The fourth-order valence-electron chi connectivity index (χ4n) is 3.15. The van der Waals surface area contributed by atoms with Crippen LogP contribution in [0.5, 0.6) is 0 Å². The molecule has 0 saturated heterocycles. The van der Waals surface area contributed by atoms with E-state index in [-0.39, 0.29) is 17.9 Å². The SMILES string of the molecule is CCc1cnc(C(C)NC(=O)C2CC3C=CC2C3)s1. The fraction of sp³-hybridized carbons (Fsp3) is 0.600. The monoisotopic (exact) mass is 276 g/mol. The van der Waals surface area contributed by atoms with Gasteiger partial charge in [0.25, 0.3) is 0 Å². The number of fused-ring (bicyclic) bond motifs is 2. The Hall–Kier alpha value is -1.16. The van der Waals surface area contributed by atoms with E-state index in [0.717, 1.165) is 17.8 Å². The number of hydrogen-bond donors (Lipinski definition) is 1. The number of hydrogen-bond acceptors (Lipinski definition) is 3. The van der Waals surface area contributed by atoms with Gasteiger partial charge in [-0.25, -0.2) is 4.98 Å². The summed E-state index contributed by atoms with van der Waals surface area (Å²) < 4.78 is 0. The highest BCUT2D eigenvalue weighted by molar-refractivity contribution is 7.11. The van der Waals surface area contributed by atoms with Crippen LogP contribution in [-0.2, 0) is 11.2 Å². The number of carbonyl (C=O) groups is 1. The molecule has 19 heavy (non-hydrogen) atoms. The molecule has 1 aromatic rings. The third-order valence-corrected chi connectivity index (χ3v) is 5.59. The first-order valence-electron chi connectivity index (χ1n) is 7.10. The van der Waals surface area contributed by atoms with Gasteiger partial charge in [0.15, 0.2) is 0 Å². The Morgan fingerprint density at radius 3 is 2.95 bits per heavy atom. The van der Waals surface area contributed by atoms with Crippen LogP contribution in [0.15, 0.2) is 18.3 Å². The van der Waals surface area contributed by atoms with Crippen molar-refractivity contribution in [2.75, 3.05) is 0 Å². The highest BCUT2D eigenvalue weighted by Crippen LogP contribution is 2.43. The van der Waals surface area contributed by atoms with Crippen LogP contribution in [0.2, 0.25) is 0 Å². The van der Waals surface area contributed by atoms with Crippen LogP contribution in [-0.4, -0.2) is 10.9 Å². The van der Waals surface area contributed by atoms with E-state index in [1.54, 1.807) is 11.3 Å². The van der Waals surface area contributed by atoms with Crippen LogP contribution < -0.4 is 5.32 Å². The first-order valence-corrected chi connectivity index (χ1v) is 7.92. The van der Waals surface area contributed by atoms with Gasteiger partial charge < -0.3 is 5.32 Å². The van der Waals surface area contributed by atoms with Crippen molar-refractivity contribution in [2.45, 2.75) is 39.2 Å². The Morgan fingerprint density at radius 1 is 1.53 bits per heavy atom. The Balaban J connectivity index is 1.61. The smallest absolute Gasteiger partial charge is 0.224 e. The first-order chi connectivity index (χ1) is 9.17. The third-order valence-electron chi connectivity index (χ3n) is 4.26. The molecule has 3 nitrogen and oxygen atoms in total. The van der Waals surface area contributed by atoms with Gasteiger partial charge in [-0.3, -0.25) is 4.79 Å². The first kappa shape index (κ1) is 12.9. The second-order valence-electron chi connectivity index (χ2n) is 5.64. The zero-order valence-electron chi connectivity index (χ0n) is 11.4. The van der Waals surface area contributed by atoms with Gasteiger partial charge in [-0.15, -0.1) is 11.3 Å². The van der Waals surface area contributed by atoms with Crippen LogP contribution >= 0.6 is 11.3 Å². The van der Waals surface area contributed by atoms with Crippen molar-refractivity contribution in [1.82, 2.24) is 10.3 Å². The molecule has 4 heteroatoms. The fourth-order valence-corrected chi connectivity index (χ4v) is 4.01. The lowest BCUT2D eigenvalue weighted by Gasteiger charge is -2.20. The maximum absolute atomic E-state index is 12.3. The number of allylic oxidation sites excluding steroid dienone is 2. The van der Waals surface area contributed by atoms with Crippen LogP contribution in [0, 0.1) is 17.8 Å². The minimum atomic E-state index is 0.0286. The summed E-state index contributed by atoms with van der Waals surface area (Å²) in [6, 6.07) is 0.0286. The van der Waals surface area contributed by atoms with Crippen LogP contribution in [0.25, 0.3) is 0 Å². The molecule has 0 aromatic carbocycles. The number of carbonyl (C=O) groups excluding carboxylic acids is 1. The van der Waals surface area contributed by atoms with Crippen molar-refractivity contribution in [3.8, 4) is 0 Å². The van der Waals surface area contributed by atoms with Gasteiger partial charge in [0.05, 0.1) is 6.04 Å². The van der Waals surface area contributed by atoms with E-state index in [2.05, 4.69) is 29.4 Å². The Morgan fingerprint density at radius 2 is 2.37 bits per heavy atom. The second-order valence-corrected chi connectivity index (χ2v) is 6.78. The van der Waals surface area contributed by atoms with Gasteiger partial charge in [0.1, 0.15) is 5.01 Å². The highest BCUT2D eigenvalue weighted by Gasteiger charge is 2.40. The molecule has 0 spiro atoms. The standard InChI is InChI=1S/C15H20N2OS/c1-3-12-8-16-15(19-12)9(2)17-14(18)13-7-10-4-5-11(13)6-10/h4-5,8-11,13H,3,6-7H2,1-2H3,(H,17,18). The highest BCUT2D eigenvalue weighted by atomic mass is 32.1. The van der Waals surface area contributed by atoms with Crippen molar-refractivity contribution in [1.29, 1.82) is 0 Å². The van der Waals surface area contributed by atoms with Gasteiger partial charge in [0.2, 0.25) is 5.91 Å². The van der Waals surface area contributed by atoms with Crippen LogP contribution in [0.3, 0.4) is 0 Å². The Labute approximate surface area is 118 Å². The van der Waals surface area contributed by atoms with Crippen molar-refractivity contribution in [3.63, 3.8) is 0 Å². The molecular formula is C15H20N2OS. The van der Waals surface area contributed by atoms with Gasteiger partial charge in [-0.1, -0.05) is 19.1 Å². The Kier molecular flexibility index (Phi) is 3.44. The maximum atomic E-state index is 12.3. The molecule has 0 radical (unpaired) electrons. The van der Waals surface area contributed by atoms with E-state index < -0.39 is 0 Å². The quantitative estimate of drug-likeness (QED) is 0.859. The van der Waals surface area contributed by atoms with Crippen molar-refractivity contribution < 1.29 is 4.79 Å². The normalized spacial score (nSPS) is 29.7. The summed E-state index contributed by atoms with van der Waals surface area (Å²) in [6.07, 6.45) is 9.62. The zero-order chi connectivity index (χ0) is 13.4. The van der Waals surface area contributed by atoms with Gasteiger partial charge in [-0.05, 0) is 38.0 Å². The molecule has 4 unspecified atom stereocenters. The van der Waals surface area contributed by atoms with Crippen LogP contribution in [0.1, 0.15) is 42.6 Å². The molecule has 1 saturated carbocycles. The number of aromatic nitrogens is 1. The predicted octanol–water partition coefficient (Wildman–Crippen LogP) is 3.09. The topological polar surface area (TPSA) is 42.0 Å². The lowest BCUT2D eigenvalue weighted by Crippen LogP contribution is -2.34. The molecule has 1 heterocycles. The molecular weight excluding hydrogens is 256 g/mol. The van der Waals surface area contributed by atoms with Crippen molar-refractivity contribution >= 4 is 17.2 Å². The number of amides is 1. The predicted molar refractivity (Wildman–Crippen MR) is 76.9 cm³/mol. The van der Waals surface area contributed by atoms with Crippen molar-refractivity contribution in [2.24, 2.45) is 17.8 Å². The number of aryl methyl sites for hydroxylation is 1. The molecule has 2 bridgehead atoms. The average molecular weight is 276 g/mol. The van der Waals surface area contributed by atoms with E-state index in [0.29, 0.717) is 11.8 Å². The molecule has 2 aliphatic rings. The average Bonchev–Trinajstić information content (AvgIpc) is 3.13. The second kappa shape index (κ2) is 5.08. The lowest BCUT2D eigenvalue weighted by molar-refractivity contribution is -0.126. The molecule has 1 fully saturated rings. The van der Waals surface area contributed by atoms with Crippen molar-refractivity contribution in [3.05, 3.63) is 28.2 Å². The molecule has 3 rings (SSSR count). The number of nitrogens with one attached hydrogen (secondary N) is 1. The summed E-state index contributed by atoms with van der Waals surface area (Å²) in [7, 11) is 0. The molecule has 1 aromatic heterocycles. The van der Waals surface area contributed by atoms with Gasteiger partial charge in [-0.2, -0.15) is 0 Å². The van der Waals surface area contributed by atoms with E-state index in [1.165, 1.54) is 11.3 Å². The maximum Gasteiger partial charge on any atom is 0.224 e. The molecule has 4 atom stereocenters. The minimum Gasteiger partial charge on any atom is -0.347 e. The summed E-state index contributed by atoms with van der Waals surface area (Å²) in [6.45, 7) is 4.15. The van der Waals surface area contributed by atoms with E-state index in [9.17, 15) is 4.79 Å². The number of thiazole rings is 1. The molecule has 1 N–H and O–H groups in total. The van der Waals surface area contributed by atoms with Gasteiger partial charge in [0, 0.05) is 17.0 Å². The van der Waals surface area contributed by atoms with E-state index in [1.807, 2.05) is 13.1 Å². The molecule has 102 valence electrons. The van der Waals surface area contributed by atoms with Gasteiger partial charge >= 0.3 is 0 Å². The lowest BCUT2D eigenvalue weighted by atomic mass is 9.92. The molecule has 2 aliphatic carbocycles. The molecule has 0 aliphatic heterocycles. The largest absolute Gasteiger partial charge is 0.347 e. The third kappa shape index (κ3) is 2.46. The summed E-state index contributed by atoms with van der Waals surface area (Å²) in [5.41, 5.74) is 0. The minimum absolute atomic E-state index is 0.0286. The number of nitrogens with zero attached hydrogens (tertiary/aromatic N) is 1. The summed E-state index contributed by atoms with van der Waals surface area (Å²) >= 11 is 1.70.